The van der Waals surface area contributed by atoms with Gasteiger partial charge in [-0.1, -0.05) is 48.5 Å². The highest BCUT2D eigenvalue weighted by Gasteiger charge is 2.30. The summed E-state index contributed by atoms with van der Waals surface area (Å²) in [6.45, 7) is 0.682. The normalized spacial score (nSPS) is 13.3. The molecule has 0 aromatic heterocycles. The van der Waals surface area contributed by atoms with Crippen LogP contribution in [-0.2, 0) is 19.1 Å². The van der Waals surface area contributed by atoms with Crippen molar-refractivity contribution in [3.63, 3.8) is 0 Å². The number of aliphatic hydroxyl groups is 1. The first-order valence-corrected chi connectivity index (χ1v) is 7.68. The van der Waals surface area contributed by atoms with Gasteiger partial charge in [0.1, 0.15) is 5.72 Å². The molecule has 26 heavy (non-hydrogen) atoms. The van der Waals surface area contributed by atoms with Gasteiger partial charge < -0.3 is 16.2 Å². The second kappa shape index (κ2) is 10.7. The summed E-state index contributed by atoms with van der Waals surface area (Å²) >= 11 is 0. The zero-order valence-corrected chi connectivity index (χ0v) is 15.6. The minimum absolute atomic E-state index is 0. The van der Waals surface area contributed by atoms with Gasteiger partial charge in [-0.25, -0.2) is 0 Å². The second-order valence-corrected chi connectivity index (χ2v) is 5.89. The van der Waals surface area contributed by atoms with Gasteiger partial charge in [-0.05, 0) is 23.7 Å². The van der Waals surface area contributed by atoms with Gasteiger partial charge in [-0.3, -0.25) is 0 Å². The molecule has 0 aliphatic rings. The SMILES string of the molecule is Cl.Cl.NC(O)(CCNCc1cccc(C(F)(F)F)c1)Cc1ccccc1. The molecule has 2 aromatic rings. The lowest BCUT2D eigenvalue weighted by atomic mass is 10.0. The summed E-state index contributed by atoms with van der Waals surface area (Å²) in [7, 11) is 0. The van der Waals surface area contributed by atoms with Gasteiger partial charge in [0.2, 0.25) is 0 Å². The zero-order valence-electron chi connectivity index (χ0n) is 14.0. The Morgan fingerprint density at radius 3 is 2.15 bits per heavy atom. The van der Waals surface area contributed by atoms with E-state index < -0.39 is 17.5 Å². The topological polar surface area (TPSA) is 58.3 Å². The molecule has 8 heteroatoms. The van der Waals surface area contributed by atoms with Crippen molar-refractivity contribution in [2.45, 2.75) is 31.3 Å². The average Bonchev–Trinajstić information content (AvgIpc) is 2.52. The van der Waals surface area contributed by atoms with Crippen molar-refractivity contribution in [2.24, 2.45) is 5.73 Å². The Morgan fingerprint density at radius 2 is 1.54 bits per heavy atom. The third-order valence-electron chi connectivity index (χ3n) is 3.67. The van der Waals surface area contributed by atoms with Crippen LogP contribution in [0.3, 0.4) is 0 Å². The summed E-state index contributed by atoms with van der Waals surface area (Å²) in [5.41, 5.74) is 5.32. The summed E-state index contributed by atoms with van der Waals surface area (Å²) in [5.74, 6) is 0. The molecule has 2 aromatic carbocycles. The summed E-state index contributed by atoms with van der Waals surface area (Å²) < 4.78 is 37.9. The molecule has 3 nitrogen and oxygen atoms in total. The molecule has 1 unspecified atom stereocenters. The molecule has 4 N–H and O–H groups in total. The van der Waals surface area contributed by atoms with Crippen molar-refractivity contribution in [1.82, 2.24) is 5.32 Å². The minimum Gasteiger partial charge on any atom is -0.376 e. The van der Waals surface area contributed by atoms with Crippen LogP contribution >= 0.6 is 24.8 Å². The highest BCUT2D eigenvalue weighted by atomic mass is 35.5. The third-order valence-corrected chi connectivity index (χ3v) is 3.67. The molecule has 0 spiro atoms. The first-order chi connectivity index (χ1) is 11.3. The van der Waals surface area contributed by atoms with Crippen LogP contribution < -0.4 is 11.1 Å². The molecule has 146 valence electrons. The molecular formula is C18H23Cl2F3N2O. The smallest absolute Gasteiger partial charge is 0.376 e. The van der Waals surface area contributed by atoms with Crippen molar-refractivity contribution in [1.29, 1.82) is 0 Å². The van der Waals surface area contributed by atoms with Crippen molar-refractivity contribution in [3.05, 3.63) is 71.3 Å². The first kappa shape index (κ1) is 24.7. The van der Waals surface area contributed by atoms with E-state index in [0.29, 0.717) is 24.9 Å². The van der Waals surface area contributed by atoms with Crippen LogP contribution in [0.4, 0.5) is 13.2 Å². The highest BCUT2D eigenvalue weighted by Crippen LogP contribution is 2.29. The maximum atomic E-state index is 12.6. The van der Waals surface area contributed by atoms with E-state index in [9.17, 15) is 18.3 Å². The van der Waals surface area contributed by atoms with E-state index in [0.717, 1.165) is 17.7 Å². The zero-order chi connectivity index (χ0) is 17.6. The van der Waals surface area contributed by atoms with Crippen molar-refractivity contribution < 1.29 is 18.3 Å². The fraction of sp³-hybridized carbons (Fsp3) is 0.333. The van der Waals surface area contributed by atoms with E-state index in [-0.39, 0.29) is 31.4 Å². The number of benzene rings is 2. The largest absolute Gasteiger partial charge is 0.416 e. The fourth-order valence-corrected chi connectivity index (χ4v) is 2.43. The Hall–Kier alpha value is -1.31. The Morgan fingerprint density at radius 1 is 0.923 bits per heavy atom. The van der Waals surface area contributed by atoms with Gasteiger partial charge in [-0.2, -0.15) is 13.2 Å². The monoisotopic (exact) mass is 410 g/mol. The van der Waals surface area contributed by atoms with Crippen molar-refractivity contribution in [3.8, 4) is 0 Å². The minimum atomic E-state index is -4.34. The molecule has 0 aliphatic carbocycles. The molecule has 1 atom stereocenters. The van der Waals surface area contributed by atoms with E-state index >= 15 is 0 Å². The summed E-state index contributed by atoms with van der Waals surface area (Å²) in [4.78, 5) is 0. The maximum Gasteiger partial charge on any atom is 0.416 e. The first-order valence-electron chi connectivity index (χ1n) is 7.68. The molecule has 0 aliphatic heterocycles. The summed E-state index contributed by atoms with van der Waals surface area (Å²) in [5, 5.41) is 13.2. The number of rotatable bonds is 7. The lowest BCUT2D eigenvalue weighted by molar-refractivity contribution is -0.137. The van der Waals surface area contributed by atoms with E-state index in [2.05, 4.69) is 5.32 Å². The predicted molar refractivity (Wildman–Crippen MR) is 102 cm³/mol. The predicted octanol–water partition coefficient (Wildman–Crippen LogP) is 3.92. The molecule has 0 fully saturated rings. The molecule has 0 bridgehead atoms. The number of nitrogens with one attached hydrogen (secondary N) is 1. The third kappa shape index (κ3) is 8.38. The lowest BCUT2D eigenvalue weighted by Crippen LogP contribution is -2.44. The Labute approximate surface area is 163 Å². The van der Waals surface area contributed by atoms with Crippen LogP contribution in [0.5, 0.6) is 0 Å². The van der Waals surface area contributed by atoms with E-state index in [1.807, 2.05) is 30.3 Å². The standard InChI is InChI=1S/C18H21F3N2O.2ClH/c19-18(20,21)16-8-4-7-15(11-16)13-23-10-9-17(22,24)12-14-5-2-1-3-6-14;;/h1-8,11,23-24H,9-10,12-13,22H2;2*1H. The fourth-order valence-electron chi connectivity index (χ4n) is 2.43. The van der Waals surface area contributed by atoms with Gasteiger partial charge in [0.25, 0.3) is 0 Å². The number of halogens is 5. The van der Waals surface area contributed by atoms with E-state index in [4.69, 9.17) is 5.73 Å². The quantitative estimate of drug-likeness (QED) is 0.478. The Bertz CT molecular complexity index is 652. The van der Waals surface area contributed by atoms with Gasteiger partial charge >= 0.3 is 6.18 Å². The lowest BCUT2D eigenvalue weighted by Gasteiger charge is -2.23. The van der Waals surface area contributed by atoms with Crippen LogP contribution in [0.1, 0.15) is 23.1 Å². The van der Waals surface area contributed by atoms with E-state index in [1.54, 1.807) is 6.07 Å². The van der Waals surface area contributed by atoms with Crippen molar-refractivity contribution in [2.75, 3.05) is 6.54 Å². The Kier molecular flexibility index (Phi) is 10.2. The summed E-state index contributed by atoms with van der Waals surface area (Å²) in [6.07, 6.45) is -3.73. The maximum absolute atomic E-state index is 12.6. The van der Waals surface area contributed by atoms with Gasteiger partial charge in [0.05, 0.1) is 5.56 Å². The van der Waals surface area contributed by atoms with Crippen LogP contribution in [0.25, 0.3) is 0 Å². The molecule has 0 radical (unpaired) electrons. The molecular weight excluding hydrogens is 388 g/mol. The van der Waals surface area contributed by atoms with Crippen molar-refractivity contribution >= 4 is 24.8 Å². The molecule has 0 amide bonds. The second-order valence-electron chi connectivity index (χ2n) is 5.89. The van der Waals surface area contributed by atoms with Gasteiger partial charge in [0.15, 0.2) is 0 Å². The average molecular weight is 411 g/mol. The summed E-state index contributed by atoms with van der Waals surface area (Å²) in [6, 6.07) is 14.6. The van der Waals surface area contributed by atoms with Crippen LogP contribution in [0.2, 0.25) is 0 Å². The molecule has 2 rings (SSSR count). The number of nitrogens with two attached hydrogens (primary N) is 1. The molecule has 0 saturated heterocycles. The van der Waals surface area contributed by atoms with Crippen LogP contribution in [-0.4, -0.2) is 17.4 Å². The van der Waals surface area contributed by atoms with Crippen LogP contribution in [0, 0.1) is 0 Å². The van der Waals surface area contributed by atoms with E-state index in [1.165, 1.54) is 6.07 Å². The number of alkyl halides is 3. The molecule has 0 saturated carbocycles. The van der Waals surface area contributed by atoms with Gasteiger partial charge in [0, 0.05) is 19.4 Å². The number of hydrogen-bond donors (Lipinski definition) is 3. The number of hydrogen-bond acceptors (Lipinski definition) is 3. The van der Waals surface area contributed by atoms with Gasteiger partial charge in [-0.15, -0.1) is 24.8 Å². The Balaban J connectivity index is 0.00000312. The molecule has 0 heterocycles. The highest BCUT2D eigenvalue weighted by molar-refractivity contribution is 5.85. The van der Waals surface area contributed by atoms with Crippen LogP contribution in [0.15, 0.2) is 54.6 Å².